The topological polar surface area (TPSA) is 42.4 Å². The lowest BCUT2D eigenvalue weighted by molar-refractivity contribution is -0.130. The van der Waals surface area contributed by atoms with E-state index in [1.165, 1.54) is 4.90 Å². The van der Waals surface area contributed by atoms with E-state index in [2.05, 4.69) is 4.98 Å². The first-order valence-corrected chi connectivity index (χ1v) is 4.35. The van der Waals surface area contributed by atoms with Crippen LogP contribution in [0.25, 0.3) is 0 Å². The van der Waals surface area contributed by atoms with Gasteiger partial charge in [0.05, 0.1) is 6.20 Å². The third-order valence-electron chi connectivity index (χ3n) is 1.84. The molecule has 0 fully saturated rings. The number of amides is 1. The van der Waals surface area contributed by atoms with Crippen molar-refractivity contribution in [2.45, 2.75) is 6.92 Å². The molecule has 0 aliphatic rings. The fourth-order valence-electron chi connectivity index (χ4n) is 0.869. The summed E-state index contributed by atoms with van der Waals surface area (Å²) in [6.45, 7) is 1.97. The summed E-state index contributed by atoms with van der Waals surface area (Å²) in [6.07, 6.45) is 3.30. The summed E-state index contributed by atoms with van der Waals surface area (Å²) < 4.78 is 5.31. The van der Waals surface area contributed by atoms with E-state index in [1.807, 2.05) is 13.0 Å². The van der Waals surface area contributed by atoms with Crippen molar-refractivity contribution in [3.05, 3.63) is 24.0 Å². The molecule has 76 valence electrons. The molecule has 0 N–H and O–H groups in total. The molecule has 0 saturated carbocycles. The average molecular weight is 194 g/mol. The zero-order chi connectivity index (χ0) is 10.6. The number of pyridine rings is 1. The first-order valence-electron chi connectivity index (χ1n) is 4.35. The van der Waals surface area contributed by atoms with Gasteiger partial charge in [0, 0.05) is 20.3 Å². The number of hydrogen-bond acceptors (Lipinski definition) is 3. The number of aromatic nitrogens is 1. The average Bonchev–Trinajstić information content (AvgIpc) is 2.16. The molecule has 1 rings (SSSR count). The molecule has 1 aromatic heterocycles. The summed E-state index contributed by atoms with van der Waals surface area (Å²) in [4.78, 5) is 16.6. The Morgan fingerprint density at radius 2 is 2.29 bits per heavy atom. The number of nitrogens with zero attached hydrogens (tertiary/aromatic N) is 2. The second kappa shape index (κ2) is 4.60. The van der Waals surface area contributed by atoms with Crippen LogP contribution in [-0.2, 0) is 4.79 Å². The zero-order valence-electron chi connectivity index (χ0n) is 8.65. The smallest absolute Gasteiger partial charge is 0.259 e. The number of hydrogen-bond donors (Lipinski definition) is 0. The van der Waals surface area contributed by atoms with Crippen LogP contribution >= 0.6 is 0 Å². The third kappa shape index (κ3) is 2.73. The summed E-state index contributed by atoms with van der Waals surface area (Å²) in [5, 5.41) is 0. The fourth-order valence-corrected chi connectivity index (χ4v) is 0.869. The minimum absolute atomic E-state index is 0.0551. The van der Waals surface area contributed by atoms with Crippen LogP contribution in [0.2, 0.25) is 0 Å². The van der Waals surface area contributed by atoms with E-state index in [-0.39, 0.29) is 12.5 Å². The van der Waals surface area contributed by atoms with E-state index < -0.39 is 0 Å². The van der Waals surface area contributed by atoms with Crippen LogP contribution in [0.3, 0.4) is 0 Å². The number of likely N-dealkylation sites (N-methyl/N-ethyl adjacent to an activating group) is 1. The molecule has 1 aromatic rings. The molecule has 0 bridgehead atoms. The summed E-state index contributed by atoms with van der Waals surface area (Å²) in [5.74, 6) is 0.593. The third-order valence-corrected chi connectivity index (χ3v) is 1.84. The highest BCUT2D eigenvalue weighted by atomic mass is 16.5. The highest BCUT2D eigenvalue weighted by Crippen LogP contribution is 2.14. The van der Waals surface area contributed by atoms with Crippen LogP contribution in [0.5, 0.6) is 5.75 Å². The molecule has 4 nitrogen and oxygen atoms in total. The van der Waals surface area contributed by atoms with Crippen molar-refractivity contribution in [1.29, 1.82) is 0 Å². The highest BCUT2D eigenvalue weighted by molar-refractivity contribution is 5.77. The number of ether oxygens (including phenoxy) is 1. The summed E-state index contributed by atoms with van der Waals surface area (Å²) in [7, 11) is 3.39. The highest BCUT2D eigenvalue weighted by Gasteiger charge is 2.05. The molecule has 0 aromatic carbocycles. The minimum Gasteiger partial charge on any atom is -0.482 e. The summed E-state index contributed by atoms with van der Waals surface area (Å²) >= 11 is 0. The number of rotatable bonds is 3. The van der Waals surface area contributed by atoms with Crippen LogP contribution in [0.4, 0.5) is 0 Å². The molecule has 4 heteroatoms. The molecule has 0 aliphatic carbocycles. The summed E-state index contributed by atoms with van der Waals surface area (Å²) in [6, 6.07) is 1.84. The number of carbonyl (C=O) groups is 1. The molecular weight excluding hydrogens is 180 g/mol. The van der Waals surface area contributed by atoms with Gasteiger partial charge in [0.15, 0.2) is 6.61 Å². The second-order valence-corrected chi connectivity index (χ2v) is 3.22. The van der Waals surface area contributed by atoms with Gasteiger partial charge in [-0.15, -0.1) is 0 Å². The van der Waals surface area contributed by atoms with E-state index in [0.717, 1.165) is 5.56 Å². The lowest BCUT2D eigenvalue weighted by Gasteiger charge is -2.11. The van der Waals surface area contributed by atoms with Crippen LogP contribution in [0.1, 0.15) is 5.56 Å². The van der Waals surface area contributed by atoms with Crippen LogP contribution < -0.4 is 4.74 Å². The Hall–Kier alpha value is -1.58. The van der Waals surface area contributed by atoms with Crippen molar-refractivity contribution in [1.82, 2.24) is 9.88 Å². The number of aryl methyl sites for hydroxylation is 1. The van der Waals surface area contributed by atoms with Gasteiger partial charge in [0.2, 0.25) is 0 Å². The molecule has 0 spiro atoms. The van der Waals surface area contributed by atoms with Gasteiger partial charge in [-0.1, -0.05) is 0 Å². The lowest BCUT2D eigenvalue weighted by atomic mass is 10.3. The lowest BCUT2D eigenvalue weighted by Crippen LogP contribution is -2.27. The van der Waals surface area contributed by atoms with Gasteiger partial charge in [0.25, 0.3) is 5.91 Å². The van der Waals surface area contributed by atoms with Crippen LogP contribution in [0, 0.1) is 6.92 Å². The normalized spacial score (nSPS) is 9.64. The van der Waals surface area contributed by atoms with E-state index in [0.29, 0.717) is 5.75 Å². The Bertz CT molecular complexity index is 324. The number of carbonyl (C=O) groups excluding carboxylic acids is 1. The Kier molecular flexibility index (Phi) is 3.45. The minimum atomic E-state index is -0.0618. The Labute approximate surface area is 83.5 Å². The molecular formula is C10H14N2O2. The van der Waals surface area contributed by atoms with Crippen molar-refractivity contribution in [3.63, 3.8) is 0 Å². The first kappa shape index (κ1) is 10.5. The van der Waals surface area contributed by atoms with E-state index >= 15 is 0 Å². The monoisotopic (exact) mass is 194 g/mol. The fraction of sp³-hybridized carbons (Fsp3) is 0.400. The molecule has 0 unspecified atom stereocenters. The Morgan fingerprint density at radius 1 is 1.57 bits per heavy atom. The first-order chi connectivity index (χ1) is 6.61. The van der Waals surface area contributed by atoms with Crippen molar-refractivity contribution in [2.75, 3.05) is 20.7 Å². The molecule has 0 atom stereocenters. The largest absolute Gasteiger partial charge is 0.482 e. The Balaban J connectivity index is 2.54. The molecule has 0 radical (unpaired) electrons. The molecule has 0 aliphatic heterocycles. The Morgan fingerprint density at radius 3 is 2.86 bits per heavy atom. The quantitative estimate of drug-likeness (QED) is 0.716. The van der Waals surface area contributed by atoms with Crippen molar-refractivity contribution in [3.8, 4) is 5.75 Å². The van der Waals surface area contributed by atoms with Gasteiger partial charge in [-0.3, -0.25) is 9.78 Å². The van der Waals surface area contributed by atoms with Crippen molar-refractivity contribution >= 4 is 5.91 Å². The van der Waals surface area contributed by atoms with Crippen LogP contribution in [0.15, 0.2) is 18.5 Å². The predicted octanol–water partition coefficient (Wildman–Crippen LogP) is 0.857. The van der Waals surface area contributed by atoms with E-state index in [9.17, 15) is 4.79 Å². The van der Waals surface area contributed by atoms with Gasteiger partial charge in [0.1, 0.15) is 5.75 Å². The standard InChI is InChI=1S/C10H14N2O2/c1-8-4-5-11-6-9(8)14-7-10(13)12(2)3/h4-6H,7H2,1-3H3. The van der Waals surface area contributed by atoms with Crippen LogP contribution in [-0.4, -0.2) is 36.5 Å². The van der Waals surface area contributed by atoms with Gasteiger partial charge < -0.3 is 9.64 Å². The SMILES string of the molecule is Cc1ccncc1OCC(=O)N(C)C. The van der Waals surface area contributed by atoms with E-state index in [1.54, 1.807) is 26.5 Å². The second-order valence-electron chi connectivity index (χ2n) is 3.22. The van der Waals surface area contributed by atoms with Crippen molar-refractivity contribution < 1.29 is 9.53 Å². The van der Waals surface area contributed by atoms with E-state index in [4.69, 9.17) is 4.74 Å². The maximum absolute atomic E-state index is 11.2. The van der Waals surface area contributed by atoms with Gasteiger partial charge in [-0.2, -0.15) is 0 Å². The zero-order valence-corrected chi connectivity index (χ0v) is 8.65. The van der Waals surface area contributed by atoms with Gasteiger partial charge >= 0.3 is 0 Å². The maximum atomic E-state index is 11.2. The maximum Gasteiger partial charge on any atom is 0.259 e. The molecule has 1 amide bonds. The molecule has 1 heterocycles. The van der Waals surface area contributed by atoms with Gasteiger partial charge in [-0.25, -0.2) is 0 Å². The van der Waals surface area contributed by atoms with Crippen molar-refractivity contribution in [2.24, 2.45) is 0 Å². The molecule has 0 saturated heterocycles. The summed E-state index contributed by atoms with van der Waals surface area (Å²) in [5.41, 5.74) is 0.978. The van der Waals surface area contributed by atoms with Gasteiger partial charge in [-0.05, 0) is 18.6 Å². The molecule has 14 heavy (non-hydrogen) atoms. The predicted molar refractivity (Wildman–Crippen MR) is 53.2 cm³/mol.